The lowest BCUT2D eigenvalue weighted by Crippen LogP contribution is -2.47. The smallest absolute Gasteiger partial charge is 0.377 e. The molecule has 7 nitrogen and oxygen atoms in total. The molecule has 1 heterocycles. The maximum atomic E-state index is 13.0. The summed E-state index contributed by atoms with van der Waals surface area (Å²) in [7, 11) is -3.49. The second-order valence-electron chi connectivity index (χ2n) is 7.66. The van der Waals surface area contributed by atoms with Crippen molar-refractivity contribution in [3.63, 3.8) is 0 Å². The number of alkyl halides is 3. The van der Waals surface area contributed by atoms with Gasteiger partial charge in [-0.2, -0.15) is 13.2 Å². The predicted molar refractivity (Wildman–Crippen MR) is 106 cm³/mol. The van der Waals surface area contributed by atoms with Crippen molar-refractivity contribution >= 4 is 16.0 Å². The van der Waals surface area contributed by atoms with Crippen LogP contribution in [-0.2, 0) is 14.8 Å². The predicted octanol–water partition coefficient (Wildman–Crippen LogP) is 2.15. The standard InChI is InChI=1S/C18H33F3N4O3S/c1-2-22-17(25-15-7-5-6-14(12-15)18(19,20)21)23-9-11-29(26,27)24-13-16-8-3-4-10-28-16/h14-16,24H,2-13H2,1H3,(H2,22,23,25). The Balaban J connectivity index is 1.81. The highest BCUT2D eigenvalue weighted by atomic mass is 32.2. The molecule has 0 bridgehead atoms. The highest BCUT2D eigenvalue weighted by Crippen LogP contribution is 2.37. The van der Waals surface area contributed by atoms with E-state index in [2.05, 4.69) is 20.3 Å². The second kappa shape index (κ2) is 11.4. The van der Waals surface area contributed by atoms with Crippen LogP contribution >= 0.6 is 0 Å². The Morgan fingerprint density at radius 3 is 2.62 bits per heavy atom. The van der Waals surface area contributed by atoms with E-state index < -0.39 is 22.1 Å². The van der Waals surface area contributed by atoms with Gasteiger partial charge in [-0.25, -0.2) is 13.1 Å². The van der Waals surface area contributed by atoms with Crippen LogP contribution in [0.5, 0.6) is 0 Å². The zero-order valence-corrected chi connectivity index (χ0v) is 17.7. The van der Waals surface area contributed by atoms with Crippen LogP contribution in [0.25, 0.3) is 0 Å². The summed E-state index contributed by atoms with van der Waals surface area (Å²) in [6.45, 7) is 3.31. The van der Waals surface area contributed by atoms with Crippen molar-refractivity contribution in [2.24, 2.45) is 10.9 Å². The van der Waals surface area contributed by atoms with Crippen molar-refractivity contribution in [2.45, 2.75) is 70.2 Å². The lowest BCUT2D eigenvalue weighted by molar-refractivity contribution is -0.183. The zero-order chi connectivity index (χ0) is 21.3. The van der Waals surface area contributed by atoms with Crippen LogP contribution in [-0.4, -0.2) is 64.7 Å². The van der Waals surface area contributed by atoms with Crippen molar-refractivity contribution in [1.29, 1.82) is 0 Å². The molecule has 2 aliphatic rings. The molecule has 0 spiro atoms. The van der Waals surface area contributed by atoms with Gasteiger partial charge in [0.2, 0.25) is 10.0 Å². The fraction of sp³-hybridized carbons (Fsp3) is 0.944. The van der Waals surface area contributed by atoms with E-state index in [0.717, 1.165) is 19.3 Å². The van der Waals surface area contributed by atoms with Gasteiger partial charge in [0, 0.05) is 25.7 Å². The average molecular weight is 443 g/mol. The molecule has 0 aromatic rings. The van der Waals surface area contributed by atoms with Crippen LogP contribution in [0.15, 0.2) is 4.99 Å². The van der Waals surface area contributed by atoms with Crippen molar-refractivity contribution in [3.05, 3.63) is 0 Å². The highest BCUT2D eigenvalue weighted by molar-refractivity contribution is 7.89. The van der Waals surface area contributed by atoms with Gasteiger partial charge in [-0.1, -0.05) is 6.42 Å². The molecule has 0 aromatic carbocycles. The van der Waals surface area contributed by atoms with Crippen LogP contribution in [0.3, 0.4) is 0 Å². The molecule has 0 amide bonds. The topological polar surface area (TPSA) is 91.8 Å². The summed E-state index contributed by atoms with van der Waals surface area (Å²) in [5, 5.41) is 6.01. The van der Waals surface area contributed by atoms with Gasteiger partial charge in [0.1, 0.15) is 0 Å². The Bertz CT molecular complexity index is 622. The van der Waals surface area contributed by atoms with Crippen molar-refractivity contribution in [2.75, 3.05) is 32.0 Å². The van der Waals surface area contributed by atoms with Gasteiger partial charge in [-0.15, -0.1) is 0 Å². The molecule has 0 aromatic heterocycles. The summed E-state index contributed by atoms with van der Waals surface area (Å²) < 4.78 is 71.3. The minimum absolute atomic E-state index is 0.00908. The Morgan fingerprint density at radius 1 is 1.17 bits per heavy atom. The van der Waals surface area contributed by atoms with Crippen LogP contribution in [0.4, 0.5) is 13.2 Å². The lowest BCUT2D eigenvalue weighted by atomic mass is 9.85. The molecule has 1 saturated carbocycles. The van der Waals surface area contributed by atoms with Gasteiger partial charge in [0.05, 0.1) is 24.3 Å². The summed E-state index contributed by atoms with van der Waals surface area (Å²) in [5.74, 6) is -1.14. The van der Waals surface area contributed by atoms with Crippen LogP contribution in [0.2, 0.25) is 0 Å². The third-order valence-corrected chi connectivity index (χ3v) is 6.58. The third-order valence-electron chi connectivity index (χ3n) is 5.26. The first kappa shape index (κ1) is 24.2. The summed E-state index contributed by atoms with van der Waals surface area (Å²) in [5.41, 5.74) is 0. The molecule has 1 aliphatic heterocycles. The maximum Gasteiger partial charge on any atom is 0.391 e. The van der Waals surface area contributed by atoms with Gasteiger partial charge >= 0.3 is 6.18 Å². The molecule has 1 aliphatic carbocycles. The van der Waals surface area contributed by atoms with E-state index in [1.165, 1.54) is 0 Å². The van der Waals surface area contributed by atoms with E-state index in [9.17, 15) is 21.6 Å². The number of guanidine groups is 1. The van der Waals surface area contributed by atoms with E-state index in [1.54, 1.807) is 0 Å². The number of nitrogens with one attached hydrogen (secondary N) is 3. The summed E-state index contributed by atoms with van der Waals surface area (Å²) >= 11 is 0. The molecular weight excluding hydrogens is 409 g/mol. The van der Waals surface area contributed by atoms with Crippen LogP contribution in [0.1, 0.15) is 51.9 Å². The Labute approximate surface area is 171 Å². The monoisotopic (exact) mass is 442 g/mol. The molecule has 29 heavy (non-hydrogen) atoms. The first-order valence-electron chi connectivity index (χ1n) is 10.4. The number of aliphatic imine (C=N–C) groups is 1. The number of hydrogen-bond donors (Lipinski definition) is 3. The van der Waals surface area contributed by atoms with Crippen LogP contribution in [0, 0.1) is 5.92 Å². The van der Waals surface area contributed by atoms with Gasteiger partial charge in [-0.05, 0) is 45.4 Å². The summed E-state index contributed by atoms with van der Waals surface area (Å²) in [4.78, 5) is 4.24. The van der Waals surface area contributed by atoms with Gasteiger partial charge in [0.25, 0.3) is 0 Å². The Morgan fingerprint density at radius 2 is 1.97 bits per heavy atom. The van der Waals surface area contributed by atoms with Gasteiger partial charge in [-0.3, -0.25) is 4.99 Å². The van der Waals surface area contributed by atoms with E-state index in [-0.39, 0.29) is 43.8 Å². The fourth-order valence-electron chi connectivity index (χ4n) is 3.67. The molecule has 1 saturated heterocycles. The number of ether oxygens (including phenoxy) is 1. The minimum Gasteiger partial charge on any atom is -0.377 e. The van der Waals surface area contributed by atoms with E-state index in [0.29, 0.717) is 32.0 Å². The van der Waals surface area contributed by atoms with Crippen molar-refractivity contribution < 1.29 is 26.3 Å². The Hall–Kier alpha value is -1.07. The molecule has 3 unspecified atom stereocenters. The third kappa shape index (κ3) is 9.08. The molecule has 0 radical (unpaired) electrons. The van der Waals surface area contributed by atoms with Gasteiger partial charge in [0.15, 0.2) is 5.96 Å². The highest BCUT2D eigenvalue weighted by Gasteiger charge is 2.42. The Kier molecular flexibility index (Phi) is 9.48. The molecule has 11 heteroatoms. The molecule has 3 atom stereocenters. The van der Waals surface area contributed by atoms with Crippen LogP contribution < -0.4 is 15.4 Å². The quantitative estimate of drug-likeness (QED) is 0.396. The summed E-state index contributed by atoms with van der Waals surface area (Å²) in [6, 6.07) is -0.327. The fourth-order valence-corrected chi connectivity index (χ4v) is 4.59. The van der Waals surface area contributed by atoms with E-state index >= 15 is 0 Å². The normalized spacial score (nSPS) is 26.9. The molecule has 3 N–H and O–H groups in total. The second-order valence-corrected chi connectivity index (χ2v) is 9.59. The van der Waals surface area contributed by atoms with Crippen molar-refractivity contribution in [1.82, 2.24) is 15.4 Å². The molecular formula is C18H33F3N4O3S. The lowest BCUT2D eigenvalue weighted by Gasteiger charge is -2.31. The number of rotatable bonds is 8. The summed E-state index contributed by atoms with van der Waals surface area (Å²) in [6.07, 6.45) is -0.0881. The maximum absolute atomic E-state index is 13.0. The number of hydrogen-bond acceptors (Lipinski definition) is 4. The SMILES string of the molecule is CCNC(=NCCS(=O)(=O)NCC1CCCCO1)NC1CCCC(C(F)(F)F)C1. The van der Waals surface area contributed by atoms with E-state index in [4.69, 9.17) is 4.74 Å². The number of sulfonamides is 1. The number of nitrogens with zero attached hydrogens (tertiary/aromatic N) is 1. The van der Waals surface area contributed by atoms with E-state index in [1.807, 2.05) is 6.92 Å². The average Bonchev–Trinajstić information content (AvgIpc) is 2.67. The first-order valence-corrected chi connectivity index (χ1v) is 12.1. The molecule has 2 rings (SSSR count). The largest absolute Gasteiger partial charge is 0.391 e. The van der Waals surface area contributed by atoms with Gasteiger partial charge < -0.3 is 15.4 Å². The molecule has 170 valence electrons. The van der Waals surface area contributed by atoms with Crippen molar-refractivity contribution in [3.8, 4) is 0 Å². The molecule has 2 fully saturated rings. The number of halogens is 3. The first-order chi connectivity index (χ1) is 13.7. The minimum atomic E-state index is -4.18. The zero-order valence-electron chi connectivity index (χ0n) is 16.9.